The van der Waals surface area contributed by atoms with Crippen LogP contribution in [0.25, 0.3) is 0 Å². The monoisotopic (exact) mass is 280 g/mol. The molecule has 0 radical (unpaired) electrons. The first-order valence-electron chi connectivity index (χ1n) is 6.85. The Morgan fingerprint density at radius 3 is 2.63 bits per heavy atom. The molecule has 106 valence electrons. The number of nitrogens with two attached hydrogens (primary N) is 1. The minimum Gasteiger partial charge on any atom is -0.493 e. The highest BCUT2D eigenvalue weighted by atomic mass is 32.1. The van der Waals surface area contributed by atoms with Crippen LogP contribution in [0.4, 0.5) is 0 Å². The van der Waals surface area contributed by atoms with Crippen LogP contribution >= 0.6 is 12.2 Å². The number of benzene rings is 1. The second kappa shape index (κ2) is 8.88. The highest BCUT2D eigenvalue weighted by molar-refractivity contribution is 7.80. The Morgan fingerprint density at radius 1 is 1.26 bits per heavy atom. The number of hydrogen-bond acceptors (Lipinski definition) is 3. The van der Waals surface area contributed by atoms with Crippen molar-refractivity contribution in [3.05, 3.63) is 29.8 Å². The summed E-state index contributed by atoms with van der Waals surface area (Å²) >= 11 is 5.01. The molecule has 0 fully saturated rings. The number of hydrogen-bond donors (Lipinski definition) is 1. The third-order valence-electron chi connectivity index (χ3n) is 2.99. The van der Waals surface area contributed by atoms with Gasteiger partial charge in [0.2, 0.25) is 0 Å². The van der Waals surface area contributed by atoms with Crippen LogP contribution in [-0.2, 0) is 0 Å². The van der Waals surface area contributed by atoms with Crippen molar-refractivity contribution in [2.45, 2.75) is 26.2 Å². The van der Waals surface area contributed by atoms with Crippen molar-refractivity contribution in [2.24, 2.45) is 5.73 Å². The Hall–Kier alpha value is -1.13. The summed E-state index contributed by atoms with van der Waals surface area (Å²) in [4.78, 5) is 2.72. The lowest BCUT2D eigenvalue weighted by molar-refractivity contribution is 0.260. The SMILES string of the molecule is CCCCN(C)CCCOc1ccccc1C(N)=S. The summed E-state index contributed by atoms with van der Waals surface area (Å²) in [6, 6.07) is 7.66. The maximum Gasteiger partial charge on any atom is 0.129 e. The first-order valence-corrected chi connectivity index (χ1v) is 7.26. The van der Waals surface area contributed by atoms with Gasteiger partial charge in [0.25, 0.3) is 0 Å². The molecule has 3 nitrogen and oxygen atoms in total. The summed E-state index contributed by atoms with van der Waals surface area (Å²) in [7, 11) is 2.15. The molecular formula is C15H24N2OS. The second-order valence-electron chi connectivity index (χ2n) is 4.72. The molecule has 2 N–H and O–H groups in total. The third-order valence-corrected chi connectivity index (χ3v) is 3.21. The van der Waals surface area contributed by atoms with E-state index in [0.29, 0.717) is 11.6 Å². The van der Waals surface area contributed by atoms with Gasteiger partial charge in [0.05, 0.1) is 12.2 Å². The van der Waals surface area contributed by atoms with Crippen LogP contribution < -0.4 is 10.5 Å². The standard InChI is InChI=1S/C15H24N2OS/c1-3-4-10-17(2)11-7-12-18-14-9-6-5-8-13(14)15(16)19/h5-6,8-9H,3-4,7,10-12H2,1-2H3,(H2,16,19). The van der Waals surface area contributed by atoms with Crippen LogP contribution in [-0.4, -0.2) is 36.6 Å². The molecule has 0 heterocycles. The molecule has 4 heteroatoms. The zero-order valence-electron chi connectivity index (χ0n) is 11.9. The summed E-state index contributed by atoms with van der Waals surface area (Å²) in [5, 5.41) is 0. The third kappa shape index (κ3) is 6.03. The summed E-state index contributed by atoms with van der Waals surface area (Å²) in [5.74, 6) is 0.784. The van der Waals surface area contributed by atoms with Crippen LogP contribution in [0.1, 0.15) is 31.7 Å². The molecule has 1 aromatic rings. The van der Waals surface area contributed by atoms with Gasteiger partial charge >= 0.3 is 0 Å². The van der Waals surface area contributed by atoms with Gasteiger partial charge in [-0.3, -0.25) is 0 Å². The molecule has 1 rings (SSSR count). The van der Waals surface area contributed by atoms with Crippen molar-refractivity contribution in [2.75, 3.05) is 26.7 Å². The lowest BCUT2D eigenvalue weighted by Crippen LogP contribution is -2.22. The zero-order valence-corrected chi connectivity index (χ0v) is 12.7. The first kappa shape index (κ1) is 15.9. The topological polar surface area (TPSA) is 38.5 Å². The molecule has 0 aromatic heterocycles. The van der Waals surface area contributed by atoms with Crippen molar-refractivity contribution < 1.29 is 4.74 Å². The summed E-state index contributed by atoms with van der Waals surface area (Å²) < 4.78 is 5.76. The lowest BCUT2D eigenvalue weighted by atomic mass is 10.2. The number of rotatable bonds is 9. The highest BCUT2D eigenvalue weighted by Gasteiger charge is 2.05. The Bertz CT molecular complexity index is 395. The molecule has 0 unspecified atom stereocenters. The van der Waals surface area contributed by atoms with Crippen LogP contribution in [0.5, 0.6) is 5.75 Å². The first-order chi connectivity index (χ1) is 9.15. The van der Waals surface area contributed by atoms with E-state index >= 15 is 0 Å². The van der Waals surface area contributed by atoms with Crippen molar-refractivity contribution >= 4 is 17.2 Å². The van der Waals surface area contributed by atoms with Gasteiger partial charge in [-0.05, 0) is 38.6 Å². The maximum absolute atomic E-state index is 5.76. The minimum atomic E-state index is 0.385. The van der Waals surface area contributed by atoms with Gasteiger partial charge in [-0.2, -0.15) is 0 Å². The number of nitrogens with zero attached hydrogens (tertiary/aromatic N) is 1. The van der Waals surface area contributed by atoms with Gasteiger partial charge in [0.1, 0.15) is 10.7 Å². The summed E-state index contributed by atoms with van der Waals surface area (Å²) in [6.07, 6.45) is 3.50. The minimum absolute atomic E-state index is 0.385. The Morgan fingerprint density at radius 2 is 1.95 bits per heavy atom. The van der Waals surface area contributed by atoms with Crippen molar-refractivity contribution in [3.8, 4) is 5.75 Å². The lowest BCUT2D eigenvalue weighted by Gasteiger charge is -2.16. The van der Waals surface area contributed by atoms with Crippen molar-refractivity contribution in [1.29, 1.82) is 0 Å². The van der Waals surface area contributed by atoms with Gasteiger partial charge in [0, 0.05) is 6.54 Å². The van der Waals surface area contributed by atoms with Crippen molar-refractivity contribution in [3.63, 3.8) is 0 Å². The number of para-hydroxylation sites is 1. The molecule has 0 amide bonds. The van der Waals surface area contributed by atoms with Crippen LogP contribution in [0, 0.1) is 0 Å². The Kier molecular flexibility index (Phi) is 7.45. The van der Waals surface area contributed by atoms with E-state index in [1.165, 1.54) is 12.8 Å². The fourth-order valence-electron chi connectivity index (χ4n) is 1.85. The highest BCUT2D eigenvalue weighted by Crippen LogP contribution is 2.17. The molecule has 0 aliphatic heterocycles. The van der Waals surface area contributed by atoms with E-state index < -0.39 is 0 Å². The second-order valence-corrected chi connectivity index (χ2v) is 5.16. The average Bonchev–Trinajstić information content (AvgIpc) is 2.41. The molecule has 0 saturated heterocycles. The van der Waals surface area contributed by atoms with Crippen molar-refractivity contribution in [1.82, 2.24) is 4.90 Å². The zero-order chi connectivity index (χ0) is 14.1. The van der Waals surface area contributed by atoms with E-state index in [0.717, 1.165) is 30.8 Å². The van der Waals surface area contributed by atoms with Gasteiger partial charge in [-0.1, -0.05) is 37.7 Å². The fourth-order valence-corrected chi connectivity index (χ4v) is 2.02. The fraction of sp³-hybridized carbons (Fsp3) is 0.533. The van der Waals surface area contributed by atoms with E-state index in [2.05, 4.69) is 18.9 Å². The molecule has 19 heavy (non-hydrogen) atoms. The largest absolute Gasteiger partial charge is 0.493 e. The van der Waals surface area contributed by atoms with Crippen LogP contribution in [0.15, 0.2) is 24.3 Å². The smallest absolute Gasteiger partial charge is 0.129 e. The summed E-state index contributed by atoms with van der Waals surface area (Å²) in [6.45, 7) is 5.11. The predicted molar refractivity (Wildman–Crippen MR) is 84.8 cm³/mol. The molecule has 0 bridgehead atoms. The van der Waals surface area contributed by atoms with E-state index in [9.17, 15) is 0 Å². The predicted octanol–water partition coefficient (Wildman–Crippen LogP) is 2.82. The molecular weight excluding hydrogens is 256 g/mol. The van der Waals surface area contributed by atoms with Gasteiger partial charge in [0.15, 0.2) is 0 Å². The normalized spacial score (nSPS) is 10.7. The maximum atomic E-state index is 5.76. The molecule has 0 aliphatic carbocycles. The van der Waals surface area contributed by atoms with Crippen LogP contribution in [0.3, 0.4) is 0 Å². The van der Waals surface area contributed by atoms with Gasteiger partial charge < -0.3 is 15.4 Å². The van der Waals surface area contributed by atoms with Gasteiger partial charge in [-0.25, -0.2) is 0 Å². The Labute approximate surface area is 121 Å². The van der Waals surface area contributed by atoms with E-state index in [4.69, 9.17) is 22.7 Å². The number of unbranched alkanes of at least 4 members (excludes halogenated alkanes) is 1. The average molecular weight is 280 g/mol. The molecule has 1 aromatic carbocycles. The van der Waals surface area contributed by atoms with E-state index in [-0.39, 0.29) is 0 Å². The molecule has 0 aliphatic rings. The Balaban J connectivity index is 2.31. The van der Waals surface area contributed by atoms with E-state index in [1.807, 2.05) is 24.3 Å². The number of ether oxygens (including phenoxy) is 1. The van der Waals surface area contributed by atoms with Crippen LogP contribution in [0.2, 0.25) is 0 Å². The molecule has 0 spiro atoms. The quantitative estimate of drug-likeness (QED) is 0.557. The van der Waals surface area contributed by atoms with E-state index in [1.54, 1.807) is 0 Å². The molecule has 0 saturated carbocycles. The molecule has 0 atom stereocenters. The van der Waals surface area contributed by atoms with Gasteiger partial charge in [-0.15, -0.1) is 0 Å². The summed E-state index contributed by atoms with van der Waals surface area (Å²) in [5.41, 5.74) is 6.48. The number of thiocarbonyl (C=S) groups is 1.